The molecule has 3 aliphatic rings. The number of amides is 2. The highest BCUT2D eigenvalue weighted by Crippen LogP contribution is 2.32. The van der Waals surface area contributed by atoms with Crippen LogP contribution in [-0.2, 0) is 14.3 Å². The van der Waals surface area contributed by atoms with E-state index < -0.39 is 5.79 Å². The number of piperazine rings is 1. The number of carbonyl (C=O) groups excluding carboxylic acids is 2. The van der Waals surface area contributed by atoms with Crippen LogP contribution in [0.25, 0.3) is 0 Å². The van der Waals surface area contributed by atoms with E-state index in [0.29, 0.717) is 86.2 Å². The van der Waals surface area contributed by atoms with E-state index >= 15 is 0 Å². The Morgan fingerprint density at radius 3 is 2.61 bits per heavy atom. The number of aromatic nitrogens is 2. The standard InChI is InChI=1S/C26H32ClN5O5S/c1-18-16-31(10-11-32(18)24(34)19-4-3-5-20(14-19)35-2)22-15-21(27)28-25(29-22)38-17-23(33)30-8-6-26(7-9-30)36-12-13-37-26/h3-5,14-15,18H,6-13,16-17H2,1-2H3. The van der Waals surface area contributed by atoms with Crippen LogP contribution in [0, 0.1) is 0 Å². The van der Waals surface area contributed by atoms with Crippen molar-refractivity contribution in [2.75, 3.05) is 63.7 Å². The summed E-state index contributed by atoms with van der Waals surface area (Å²) in [6.07, 6.45) is 1.37. The number of carbonyl (C=O) groups is 2. The summed E-state index contributed by atoms with van der Waals surface area (Å²) in [7, 11) is 1.59. The van der Waals surface area contributed by atoms with Gasteiger partial charge in [-0.15, -0.1) is 0 Å². The zero-order valence-electron chi connectivity index (χ0n) is 21.6. The van der Waals surface area contributed by atoms with Gasteiger partial charge in [0.1, 0.15) is 16.7 Å². The Kier molecular flexibility index (Phi) is 8.27. The van der Waals surface area contributed by atoms with E-state index in [4.69, 9.17) is 25.8 Å². The van der Waals surface area contributed by atoms with Crippen molar-refractivity contribution in [1.82, 2.24) is 19.8 Å². The Morgan fingerprint density at radius 2 is 1.89 bits per heavy atom. The first-order valence-electron chi connectivity index (χ1n) is 12.8. The molecule has 1 aromatic carbocycles. The molecule has 0 bridgehead atoms. The van der Waals surface area contributed by atoms with Crippen molar-refractivity contribution < 1.29 is 23.8 Å². The highest BCUT2D eigenvalue weighted by molar-refractivity contribution is 7.99. The first kappa shape index (κ1) is 27.0. The van der Waals surface area contributed by atoms with Crippen LogP contribution in [0.3, 0.4) is 0 Å². The predicted octanol–water partition coefficient (Wildman–Crippen LogP) is 2.95. The van der Waals surface area contributed by atoms with Crippen molar-refractivity contribution in [3.8, 4) is 5.75 Å². The second-order valence-electron chi connectivity index (χ2n) is 9.63. The normalized spacial score (nSPS) is 21.1. The number of hydrogen-bond donors (Lipinski definition) is 0. The Morgan fingerprint density at radius 1 is 1.13 bits per heavy atom. The maximum Gasteiger partial charge on any atom is 0.254 e. The third kappa shape index (κ3) is 6.01. The molecule has 204 valence electrons. The molecule has 3 aliphatic heterocycles. The lowest BCUT2D eigenvalue weighted by molar-refractivity contribution is -0.186. The number of benzene rings is 1. The minimum absolute atomic E-state index is 0.0267. The van der Waals surface area contributed by atoms with E-state index in [0.717, 1.165) is 0 Å². The van der Waals surface area contributed by atoms with E-state index in [1.807, 2.05) is 28.9 Å². The molecule has 0 radical (unpaired) electrons. The molecule has 10 nitrogen and oxygen atoms in total. The van der Waals surface area contributed by atoms with Crippen LogP contribution < -0.4 is 9.64 Å². The number of likely N-dealkylation sites (tertiary alicyclic amines) is 1. The number of anilines is 1. The van der Waals surface area contributed by atoms with Gasteiger partial charge in [0.25, 0.3) is 5.91 Å². The average Bonchev–Trinajstić information content (AvgIpc) is 3.39. The number of hydrogen-bond acceptors (Lipinski definition) is 9. The topological polar surface area (TPSA) is 97.3 Å². The van der Waals surface area contributed by atoms with Gasteiger partial charge < -0.3 is 28.9 Å². The summed E-state index contributed by atoms with van der Waals surface area (Å²) in [5.74, 6) is 1.08. The van der Waals surface area contributed by atoms with Gasteiger partial charge in [0.05, 0.1) is 26.1 Å². The van der Waals surface area contributed by atoms with Crippen LogP contribution in [-0.4, -0.2) is 102 Å². The lowest BCUT2D eigenvalue weighted by Gasteiger charge is -2.40. The molecule has 0 aliphatic carbocycles. The van der Waals surface area contributed by atoms with Gasteiger partial charge in [0.2, 0.25) is 5.91 Å². The van der Waals surface area contributed by atoms with Gasteiger partial charge in [0, 0.05) is 63.2 Å². The Labute approximate surface area is 231 Å². The fourth-order valence-corrected chi connectivity index (χ4v) is 6.09. The van der Waals surface area contributed by atoms with E-state index in [9.17, 15) is 9.59 Å². The molecule has 1 atom stereocenters. The van der Waals surface area contributed by atoms with Gasteiger partial charge in [-0.05, 0) is 25.1 Å². The highest BCUT2D eigenvalue weighted by atomic mass is 35.5. The average molecular weight is 562 g/mol. The van der Waals surface area contributed by atoms with Crippen molar-refractivity contribution in [2.24, 2.45) is 0 Å². The SMILES string of the molecule is COc1cccc(C(=O)N2CCN(c3cc(Cl)nc(SCC(=O)N4CCC5(CC4)OCCO5)n3)CC2C)c1. The van der Waals surface area contributed by atoms with Gasteiger partial charge in [0.15, 0.2) is 10.9 Å². The number of thioether (sulfide) groups is 1. The van der Waals surface area contributed by atoms with E-state index in [1.54, 1.807) is 25.3 Å². The molecule has 3 saturated heterocycles. The van der Waals surface area contributed by atoms with Gasteiger partial charge in [-0.25, -0.2) is 9.97 Å². The summed E-state index contributed by atoms with van der Waals surface area (Å²) in [4.78, 5) is 40.8. The maximum absolute atomic E-state index is 13.1. The van der Waals surface area contributed by atoms with Crippen LogP contribution in [0.1, 0.15) is 30.1 Å². The summed E-state index contributed by atoms with van der Waals surface area (Å²) in [5, 5.41) is 0.780. The quantitative estimate of drug-likeness (QED) is 0.299. The zero-order chi connectivity index (χ0) is 26.7. The fraction of sp³-hybridized carbons (Fsp3) is 0.538. The van der Waals surface area contributed by atoms with Crippen LogP contribution >= 0.6 is 23.4 Å². The van der Waals surface area contributed by atoms with Gasteiger partial charge in [-0.1, -0.05) is 29.4 Å². The first-order valence-corrected chi connectivity index (χ1v) is 14.2. The van der Waals surface area contributed by atoms with Crippen molar-refractivity contribution in [3.63, 3.8) is 0 Å². The lowest BCUT2D eigenvalue weighted by Crippen LogP contribution is -2.54. The van der Waals surface area contributed by atoms with E-state index in [2.05, 4.69) is 14.9 Å². The molecule has 3 fully saturated rings. The molecular formula is C26H32ClN5O5S. The molecule has 2 aromatic rings. The van der Waals surface area contributed by atoms with Gasteiger partial charge in [-0.3, -0.25) is 9.59 Å². The van der Waals surface area contributed by atoms with Crippen molar-refractivity contribution in [3.05, 3.63) is 41.0 Å². The van der Waals surface area contributed by atoms with Crippen LogP contribution in [0.4, 0.5) is 5.82 Å². The molecule has 2 amide bonds. The number of ether oxygens (including phenoxy) is 3. The minimum Gasteiger partial charge on any atom is -0.497 e. The second-order valence-corrected chi connectivity index (χ2v) is 11.0. The third-order valence-corrected chi connectivity index (χ3v) is 8.23. The second kappa shape index (κ2) is 11.6. The Hall–Kier alpha value is -2.60. The number of nitrogens with zero attached hydrogens (tertiary/aromatic N) is 5. The largest absolute Gasteiger partial charge is 0.497 e. The molecule has 12 heteroatoms. The predicted molar refractivity (Wildman–Crippen MR) is 144 cm³/mol. The van der Waals surface area contributed by atoms with Crippen molar-refractivity contribution >= 4 is 41.0 Å². The molecular weight excluding hydrogens is 530 g/mol. The Balaban J connectivity index is 1.17. The molecule has 38 heavy (non-hydrogen) atoms. The highest BCUT2D eigenvalue weighted by Gasteiger charge is 2.40. The number of rotatable bonds is 6. The van der Waals surface area contributed by atoms with Crippen molar-refractivity contribution in [2.45, 2.75) is 36.8 Å². The smallest absolute Gasteiger partial charge is 0.254 e. The summed E-state index contributed by atoms with van der Waals surface area (Å²) < 4.78 is 16.8. The number of piperidine rings is 1. The molecule has 4 heterocycles. The lowest BCUT2D eigenvalue weighted by atomic mass is 10.0. The fourth-order valence-electron chi connectivity index (χ4n) is 5.10. The van der Waals surface area contributed by atoms with Crippen LogP contribution in [0.5, 0.6) is 5.75 Å². The van der Waals surface area contributed by atoms with Crippen LogP contribution in [0.2, 0.25) is 5.15 Å². The molecule has 0 N–H and O–H groups in total. The molecule has 0 saturated carbocycles. The number of halogens is 1. The molecule has 1 aromatic heterocycles. The number of methoxy groups -OCH3 is 1. The molecule has 1 spiro atoms. The summed E-state index contributed by atoms with van der Waals surface area (Å²) in [5.41, 5.74) is 0.602. The first-order chi connectivity index (χ1) is 18.4. The van der Waals surface area contributed by atoms with Crippen molar-refractivity contribution in [1.29, 1.82) is 0 Å². The van der Waals surface area contributed by atoms with Crippen LogP contribution in [0.15, 0.2) is 35.5 Å². The molecule has 1 unspecified atom stereocenters. The zero-order valence-corrected chi connectivity index (χ0v) is 23.2. The molecule has 5 rings (SSSR count). The van der Waals surface area contributed by atoms with E-state index in [1.165, 1.54) is 11.8 Å². The summed E-state index contributed by atoms with van der Waals surface area (Å²) >= 11 is 7.62. The Bertz CT molecular complexity index is 1170. The van der Waals surface area contributed by atoms with Gasteiger partial charge >= 0.3 is 0 Å². The maximum atomic E-state index is 13.1. The minimum atomic E-state index is -0.505. The summed E-state index contributed by atoms with van der Waals surface area (Å²) in [6, 6.07) is 8.89. The monoisotopic (exact) mass is 561 g/mol. The summed E-state index contributed by atoms with van der Waals surface area (Å²) in [6.45, 7) is 6.22. The third-order valence-electron chi connectivity index (χ3n) is 7.21. The van der Waals surface area contributed by atoms with Gasteiger partial charge in [-0.2, -0.15) is 0 Å². The van der Waals surface area contributed by atoms with E-state index in [-0.39, 0.29) is 23.6 Å².